The maximum absolute atomic E-state index is 13.1. The number of rotatable bonds is 7. The zero-order valence-corrected chi connectivity index (χ0v) is 20.8. The number of nitrogens with zero attached hydrogens (tertiary/aromatic N) is 3. The van der Waals surface area contributed by atoms with E-state index in [0.29, 0.717) is 30.5 Å². The van der Waals surface area contributed by atoms with Gasteiger partial charge in [-0.2, -0.15) is 0 Å². The predicted octanol–water partition coefficient (Wildman–Crippen LogP) is 4.68. The Morgan fingerprint density at radius 3 is 2.34 bits per heavy atom. The molecule has 2 aromatic rings. The number of likely N-dealkylation sites (tertiary alicyclic amines) is 1. The Bertz CT molecular complexity index is 1090. The molecule has 2 amide bonds. The van der Waals surface area contributed by atoms with Crippen LogP contribution in [0.2, 0.25) is 0 Å². The maximum Gasteiger partial charge on any atom is 0.269 e. The summed E-state index contributed by atoms with van der Waals surface area (Å²) >= 11 is 0. The minimum Gasteiger partial charge on any atom is -0.379 e. The summed E-state index contributed by atoms with van der Waals surface area (Å²) in [5.41, 5.74) is 2.77. The van der Waals surface area contributed by atoms with Crippen LogP contribution in [-0.2, 0) is 16.1 Å². The third kappa shape index (κ3) is 5.12. The molecule has 5 rings (SSSR count). The summed E-state index contributed by atoms with van der Waals surface area (Å²) < 4.78 is 0. The van der Waals surface area contributed by atoms with Gasteiger partial charge >= 0.3 is 0 Å². The number of amides is 2. The summed E-state index contributed by atoms with van der Waals surface area (Å²) in [5.74, 6) is 0.732. The summed E-state index contributed by atoms with van der Waals surface area (Å²) in [6.07, 6.45) is 5.74. The van der Waals surface area contributed by atoms with Crippen molar-refractivity contribution in [2.45, 2.75) is 64.0 Å². The largest absolute Gasteiger partial charge is 0.379 e. The fraction of sp³-hybridized carbons (Fsp3) is 0.483. The zero-order chi connectivity index (χ0) is 24.4. The van der Waals surface area contributed by atoms with Crippen LogP contribution in [0.3, 0.4) is 0 Å². The van der Waals surface area contributed by atoms with E-state index in [9.17, 15) is 9.59 Å². The Morgan fingerprint density at radius 2 is 1.71 bits per heavy atom. The third-order valence-electron chi connectivity index (χ3n) is 7.64. The van der Waals surface area contributed by atoms with E-state index in [1.165, 1.54) is 5.56 Å². The average molecular weight is 474 g/mol. The lowest BCUT2D eigenvalue weighted by molar-refractivity contribution is -0.153. The monoisotopic (exact) mass is 473 g/mol. The van der Waals surface area contributed by atoms with Crippen molar-refractivity contribution in [1.82, 2.24) is 9.80 Å². The van der Waals surface area contributed by atoms with Crippen molar-refractivity contribution >= 4 is 17.5 Å². The molecule has 184 valence electrons. The number of carbonyl (C=O) groups excluding carboxylic acids is 2. The molecule has 6 heteroatoms. The van der Waals surface area contributed by atoms with E-state index in [4.69, 9.17) is 4.84 Å². The van der Waals surface area contributed by atoms with Crippen LogP contribution >= 0.6 is 0 Å². The fourth-order valence-electron chi connectivity index (χ4n) is 5.34. The van der Waals surface area contributed by atoms with Crippen molar-refractivity contribution in [3.05, 3.63) is 71.3 Å². The molecule has 0 bridgehead atoms. The third-order valence-corrected chi connectivity index (χ3v) is 7.64. The Morgan fingerprint density at radius 1 is 1.03 bits per heavy atom. The topological polar surface area (TPSA) is 62.2 Å². The highest BCUT2D eigenvalue weighted by molar-refractivity contribution is 6.06. The van der Waals surface area contributed by atoms with Crippen LogP contribution in [0.4, 0.5) is 0 Å². The van der Waals surface area contributed by atoms with Gasteiger partial charge in [0.1, 0.15) is 0 Å². The lowest BCUT2D eigenvalue weighted by Crippen LogP contribution is -2.48. The maximum atomic E-state index is 13.1. The van der Waals surface area contributed by atoms with Crippen LogP contribution in [0.25, 0.3) is 0 Å². The van der Waals surface area contributed by atoms with Crippen molar-refractivity contribution in [3.63, 3.8) is 0 Å². The summed E-state index contributed by atoms with van der Waals surface area (Å²) in [6.45, 7) is 6.13. The number of piperidine rings is 1. The second kappa shape index (κ2) is 9.84. The van der Waals surface area contributed by atoms with E-state index in [1.54, 1.807) is 0 Å². The van der Waals surface area contributed by atoms with Gasteiger partial charge < -0.3 is 14.6 Å². The van der Waals surface area contributed by atoms with Gasteiger partial charge in [0.25, 0.3) is 11.8 Å². The molecule has 1 unspecified atom stereocenters. The molecule has 1 aliphatic carbocycles. The molecular weight excluding hydrogens is 438 g/mol. The van der Waals surface area contributed by atoms with Crippen molar-refractivity contribution in [1.29, 1.82) is 0 Å². The van der Waals surface area contributed by atoms with E-state index in [-0.39, 0.29) is 11.8 Å². The summed E-state index contributed by atoms with van der Waals surface area (Å²) in [7, 11) is 0. The standard InChI is InChI=1S/C29H35N3O3/c1-3-32(25-13-14-25)28(34)29(2)20-26(30-35-29)23-9-11-24(12-10-23)27(33)31-17-15-22(16-18-31)19-21-7-5-4-6-8-21/h4-12,22,25H,3,13-20H2,1-2H3. The number of hydrogen-bond donors (Lipinski definition) is 0. The van der Waals surface area contributed by atoms with Gasteiger partial charge in [0.15, 0.2) is 0 Å². The summed E-state index contributed by atoms with van der Waals surface area (Å²) in [6, 6.07) is 18.5. The molecule has 2 aliphatic heterocycles. The highest BCUT2D eigenvalue weighted by atomic mass is 16.7. The van der Waals surface area contributed by atoms with Crippen LogP contribution < -0.4 is 0 Å². The van der Waals surface area contributed by atoms with Gasteiger partial charge in [0.05, 0.1) is 5.71 Å². The molecule has 2 aromatic carbocycles. The molecule has 6 nitrogen and oxygen atoms in total. The quantitative estimate of drug-likeness (QED) is 0.587. The second-order valence-corrected chi connectivity index (χ2v) is 10.4. The normalized spacial score (nSPS) is 22.5. The highest BCUT2D eigenvalue weighted by Crippen LogP contribution is 2.34. The first-order chi connectivity index (χ1) is 17.0. The first-order valence-electron chi connectivity index (χ1n) is 13.0. The number of oxime groups is 1. The molecule has 0 N–H and O–H groups in total. The lowest BCUT2D eigenvalue weighted by Gasteiger charge is -2.32. The summed E-state index contributed by atoms with van der Waals surface area (Å²) in [5, 5.41) is 4.26. The molecular formula is C29H35N3O3. The Balaban J connectivity index is 1.16. The van der Waals surface area contributed by atoms with Gasteiger partial charge in [-0.3, -0.25) is 9.59 Å². The molecule has 3 aliphatic rings. The van der Waals surface area contributed by atoms with Crippen molar-refractivity contribution in [2.75, 3.05) is 19.6 Å². The van der Waals surface area contributed by atoms with Crippen molar-refractivity contribution in [2.24, 2.45) is 11.1 Å². The van der Waals surface area contributed by atoms with Crippen LogP contribution in [-0.4, -0.2) is 58.6 Å². The molecule has 0 aromatic heterocycles. The SMILES string of the molecule is CCN(C(=O)C1(C)CC(c2ccc(C(=O)N3CCC(Cc4ccccc4)CC3)cc2)=NO1)C1CC1. The Labute approximate surface area is 207 Å². The van der Waals surface area contributed by atoms with Gasteiger partial charge in [-0.1, -0.05) is 47.6 Å². The van der Waals surface area contributed by atoms with E-state index in [2.05, 4.69) is 35.5 Å². The molecule has 0 radical (unpaired) electrons. The second-order valence-electron chi connectivity index (χ2n) is 10.4. The predicted molar refractivity (Wildman–Crippen MR) is 136 cm³/mol. The van der Waals surface area contributed by atoms with Crippen LogP contribution in [0.5, 0.6) is 0 Å². The minimum atomic E-state index is -0.952. The zero-order valence-electron chi connectivity index (χ0n) is 20.8. The van der Waals surface area contributed by atoms with E-state index < -0.39 is 5.60 Å². The Hall–Kier alpha value is -3.15. The molecule has 35 heavy (non-hydrogen) atoms. The number of carbonyl (C=O) groups is 2. The molecule has 1 saturated carbocycles. The number of hydrogen-bond acceptors (Lipinski definition) is 4. The van der Waals surface area contributed by atoms with Crippen LogP contribution in [0.1, 0.15) is 67.4 Å². The summed E-state index contributed by atoms with van der Waals surface area (Å²) in [4.78, 5) is 35.7. The van der Waals surface area contributed by atoms with Crippen LogP contribution in [0, 0.1) is 5.92 Å². The molecule has 0 spiro atoms. The highest BCUT2D eigenvalue weighted by Gasteiger charge is 2.47. The number of likely N-dealkylation sites (N-methyl/N-ethyl adjacent to an activating group) is 1. The first kappa shape index (κ1) is 23.6. The van der Waals surface area contributed by atoms with E-state index >= 15 is 0 Å². The molecule has 1 saturated heterocycles. The van der Waals surface area contributed by atoms with Gasteiger partial charge in [-0.05, 0) is 75.1 Å². The lowest BCUT2D eigenvalue weighted by atomic mass is 9.90. The van der Waals surface area contributed by atoms with Crippen molar-refractivity contribution in [3.8, 4) is 0 Å². The minimum absolute atomic E-state index is 0.0173. The fourth-order valence-corrected chi connectivity index (χ4v) is 5.34. The van der Waals surface area contributed by atoms with Crippen LogP contribution in [0.15, 0.2) is 59.8 Å². The van der Waals surface area contributed by atoms with Gasteiger partial charge in [-0.15, -0.1) is 0 Å². The number of benzene rings is 2. The van der Waals surface area contributed by atoms with Gasteiger partial charge in [0.2, 0.25) is 5.60 Å². The molecule has 2 heterocycles. The van der Waals surface area contributed by atoms with E-state index in [0.717, 1.165) is 56.5 Å². The smallest absolute Gasteiger partial charge is 0.269 e. The van der Waals surface area contributed by atoms with Gasteiger partial charge in [0, 0.05) is 37.7 Å². The Kier molecular flexibility index (Phi) is 6.63. The molecule has 1 atom stereocenters. The first-order valence-corrected chi connectivity index (χ1v) is 13.0. The van der Waals surface area contributed by atoms with Gasteiger partial charge in [-0.25, -0.2) is 0 Å². The van der Waals surface area contributed by atoms with E-state index in [1.807, 2.05) is 47.9 Å². The molecule has 2 fully saturated rings. The average Bonchev–Trinajstić information content (AvgIpc) is 3.65. The van der Waals surface area contributed by atoms with Crippen molar-refractivity contribution < 1.29 is 14.4 Å².